The highest BCUT2D eigenvalue weighted by Gasteiger charge is 2.06. The molecule has 3 aromatic rings. The van der Waals surface area contributed by atoms with Crippen LogP contribution in [0.3, 0.4) is 0 Å². The fourth-order valence-electron chi connectivity index (χ4n) is 1.81. The van der Waals surface area contributed by atoms with Gasteiger partial charge in [-0.25, -0.2) is 0 Å². The second-order valence-electron chi connectivity index (χ2n) is 3.91. The summed E-state index contributed by atoms with van der Waals surface area (Å²) >= 11 is 0. The van der Waals surface area contributed by atoms with E-state index in [2.05, 4.69) is 21.3 Å². The van der Waals surface area contributed by atoms with Gasteiger partial charge in [0.25, 0.3) is 0 Å². The molecule has 3 aromatic heterocycles. The average Bonchev–Trinajstić information content (AvgIpc) is 2.82. The Morgan fingerprint density at radius 3 is 2.94 bits per heavy atom. The molecule has 0 saturated carbocycles. The molecule has 0 aromatic carbocycles. The third-order valence-corrected chi connectivity index (χ3v) is 2.69. The van der Waals surface area contributed by atoms with Crippen LogP contribution < -0.4 is 0 Å². The summed E-state index contributed by atoms with van der Waals surface area (Å²) in [5.41, 5.74) is 2.40. The molecule has 5 nitrogen and oxygen atoms in total. The van der Waals surface area contributed by atoms with Crippen molar-refractivity contribution in [3.63, 3.8) is 0 Å². The van der Waals surface area contributed by atoms with Crippen LogP contribution in [0.5, 0.6) is 0 Å². The molecule has 0 aliphatic heterocycles. The summed E-state index contributed by atoms with van der Waals surface area (Å²) in [5.74, 6) is 0.801. The van der Waals surface area contributed by atoms with E-state index >= 15 is 0 Å². The number of nitrogens with zero attached hydrogens (tertiary/aromatic N) is 5. The summed E-state index contributed by atoms with van der Waals surface area (Å²) in [6, 6.07) is 9.51. The molecule has 0 aliphatic carbocycles. The number of aromatic nitrogens is 4. The highest BCUT2D eigenvalue weighted by molar-refractivity contribution is 5.43. The van der Waals surface area contributed by atoms with E-state index < -0.39 is 0 Å². The topological polar surface area (TPSA) is 66.9 Å². The van der Waals surface area contributed by atoms with Crippen LogP contribution in [0.15, 0.2) is 42.9 Å². The molecular formula is C13H9N5. The summed E-state index contributed by atoms with van der Waals surface area (Å²) < 4.78 is 1.84. The highest BCUT2D eigenvalue weighted by Crippen LogP contribution is 2.10. The average molecular weight is 235 g/mol. The van der Waals surface area contributed by atoms with Gasteiger partial charge in [0.2, 0.25) is 0 Å². The summed E-state index contributed by atoms with van der Waals surface area (Å²) in [5, 5.41) is 17.1. The van der Waals surface area contributed by atoms with Gasteiger partial charge in [0.15, 0.2) is 5.65 Å². The van der Waals surface area contributed by atoms with Crippen LogP contribution in [-0.4, -0.2) is 19.6 Å². The Hall–Kier alpha value is -2.74. The van der Waals surface area contributed by atoms with Gasteiger partial charge in [-0.05, 0) is 23.8 Å². The summed E-state index contributed by atoms with van der Waals surface area (Å²) in [4.78, 5) is 4.07. The van der Waals surface area contributed by atoms with Crippen molar-refractivity contribution < 1.29 is 0 Å². The first-order valence-corrected chi connectivity index (χ1v) is 5.49. The molecule has 0 saturated heterocycles. The van der Waals surface area contributed by atoms with Gasteiger partial charge in [-0.2, -0.15) is 5.26 Å². The maximum absolute atomic E-state index is 8.90. The predicted octanol–water partition coefficient (Wildman–Crippen LogP) is 1.59. The van der Waals surface area contributed by atoms with Crippen LogP contribution in [0, 0.1) is 11.3 Å². The van der Waals surface area contributed by atoms with Gasteiger partial charge < -0.3 is 0 Å². The van der Waals surface area contributed by atoms with Crippen LogP contribution in [0.2, 0.25) is 0 Å². The lowest BCUT2D eigenvalue weighted by Gasteiger charge is -2.00. The minimum absolute atomic E-state index is 0.592. The van der Waals surface area contributed by atoms with Crippen molar-refractivity contribution in [3.05, 3.63) is 59.8 Å². The van der Waals surface area contributed by atoms with Gasteiger partial charge in [-0.15, -0.1) is 10.2 Å². The Balaban J connectivity index is 2.05. The van der Waals surface area contributed by atoms with Crippen molar-refractivity contribution >= 4 is 5.65 Å². The van der Waals surface area contributed by atoms with Crippen LogP contribution >= 0.6 is 0 Å². The Kier molecular flexibility index (Phi) is 2.47. The molecule has 5 heteroatoms. The van der Waals surface area contributed by atoms with E-state index in [0.717, 1.165) is 17.0 Å². The number of hydrogen-bond acceptors (Lipinski definition) is 4. The van der Waals surface area contributed by atoms with Crippen molar-refractivity contribution in [1.82, 2.24) is 19.6 Å². The largest absolute Gasteiger partial charge is 0.285 e. The lowest BCUT2D eigenvalue weighted by atomic mass is 10.2. The van der Waals surface area contributed by atoms with Gasteiger partial charge in [0.05, 0.1) is 5.56 Å². The zero-order valence-electron chi connectivity index (χ0n) is 9.48. The molecule has 0 bridgehead atoms. The first kappa shape index (κ1) is 10.4. The van der Waals surface area contributed by atoms with Crippen LogP contribution in [0.25, 0.3) is 5.65 Å². The number of hydrogen-bond donors (Lipinski definition) is 0. The zero-order valence-corrected chi connectivity index (χ0v) is 9.48. The van der Waals surface area contributed by atoms with E-state index in [-0.39, 0.29) is 0 Å². The van der Waals surface area contributed by atoms with E-state index in [1.54, 1.807) is 30.7 Å². The lowest BCUT2D eigenvalue weighted by molar-refractivity contribution is 0.928. The number of fused-ring (bicyclic) bond motifs is 1. The molecule has 18 heavy (non-hydrogen) atoms. The molecule has 0 fully saturated rings. The number of rotatable bonds is 2. The zero-order chi connectivity index (χ0) is 12.4. The van der Waals surface area contributed by atoms with Crippen molar-refractivity contribution in [2.45, 2.75) is 6.42 Å². The third-order valence-electron chi connectivity index (χ3n) is 2.69. The van der Waals surface area contributed by atoms with Crippen molar-refractivity contribution in [3.8, 4) is 6.07 Å². The maximum atomic E-state index is 8.90. The molecule has 3 rings (SSSR count). The Bertz CT molecular complexity index is 724. The van der Waals surface area contributed by atoms with Gasteiger partial charge in [0, 0.05) is 25.0 Å². The van der Waals surface area contributed by atoms with Crippen LogP contribution in [0.1, 0.15) is 17.0 Å². The van der Waals surface area contributed by atoms with E-state index in [4.69, 9.17) is 5.26 Å². The summed E-state index contributed by atoms with van der Waals surface area (Å²) in [6.07, 6.45) is 5.93. The maximum Gasteiger partial charge on any atom is 0.160 e. The monoisotopic (exact) mass is 235 g/mol. The summed E-state index contributed by atoms with van der Waals surface area (Å²) in [6.45, 7) is 0. The second kappa shape index (κ2) is 4.26. The molecule has 0 aliphatic rings. The van der Waals surface area contributed by atoms with Crippen LogP contribution in [0.4, 0.5) is 0 Å². The molecule has 0 atom stereocenters. The van der Waals surface area contributed by atoms with Gasteiger partial charge in [-0.1, -0.05) is 6.07 Å². The first-order valence-electron chi connectivity index (χ1n) is 5.49. The first-order chi connectivity index (χ1) is 8.86. The lowest BCUT2D eigenvalue weighted by Crippen LogP contribution is -1.97. The number of pyridine rings is 2. The van der Waals surface area contributed by atoms with E-state index in [1.165, 1.54) is 0 Å². The van der Waals surface area contributed by atoms with Gasteiger partial charge in [-0.3, -0.25) is 9.38 Å². The summed E-state index contributed by atoms with van der Waals surface area (Å²) in [7, 11) is 0. The predicted molar refractivity (Wildman–Crippen MR) is 64.7 cm³/mol. The van der Waals surface area contributed by atoms with E-state index in [0.29, 0.717) is 12.0 Å². The molecule has 0 amide bonds. The minimum atomic E-state index is 0.592. The fraction of sp³-hybridized carbons (Fsp3) is 0.0769. The normalized spacial score (nSPS) is 10.4. The highest BCUT2D eigenvalue weighted by atomic mass is 15.2. The molecule has 0 radical (unpaired) electrons. The second-order valence-corrected chi connectivity index (χ2v) is 3.91. The molecule has 0 unspecified atom stereocenters. The fourth-order valence-corrected chi connectivity index (χ4v) is 1.81. The van der Waals surface area contributed by atoms with Gasteiger partial charge >= 0.3 is 0 Å². The van der Waals surface area contributed by atoms with E-state index in [9.17, 15) is 0 Å². The molecule has 86 valence electrons. The molecular weight excluding hydrogens is 226 g/mol. The van der Waals surface area contributed by atoms with Crippen LogP contribution in [-0.2, 0) is 6.42 Å². The van der Waals surface area contributed by atoms with Crippen molar-refractivity contribution in [2.24, 2.45) is 0 Å². The minimum Gasteiger partial charge on any atom is -0.285 e. The van der Waals surface area contributed by atoms with Gasteiger partial charge in [0.1, 0.15) is 11.9 Å². The van der Waals surface area contributed by atoms with Crippen molar-refractivity contribution in [1.29, 1.82) is 5.26 Å². The molecule has 0 spiro atoms. The third kappa shape index (κ3) is 1.80. The van der Waals surface area contributed by atoms with E-state index in [1.807, 2.05) is 16.5 Å². The molecule has 3 heterocycles. The Morgan fingerprint density at radius 1 is 1.22 bits per heavy atom. The standard InChI is InChI=1S/C13H9N5/c14-7-11-3-4-12-16-17-13(18(12)9-11)6-10-2-1-5-15-8-10/h1-5,8-9H,6H2. The number of nitriles is 1. The molecule has 0 N–H and O–H groups in total. The smallest absolute Gasteiger partial charge is 0.160 e. The van der Waals surface area contributed by atoms with Crippen molar-refractivity contribution in [2.75, 3.05) is 0 Å². The SMILES string of the molecule is N#Cc1ccc2nnc(Cc3cccnc3)n2c1. The Morgan fingerprint density at radius 2 is 2.17 bits per heavy atom. The Labute approximate surface area is 103 Å². The quantitative estimate of drug-likeness (QED) is 0.676.